The van der Waals surface area contributed by atoms with Gasteiger partial charge in [-0.25, -0.2) is 4.79 Å². The molecule has 0 unspecified atom stereocenters. The summed E-state index contributed by atoms with van der Waals surface area (Å²) in [4.78, 5) is 11.0. The molecule has 0 N–H and O–H groups in total. The van der Waals surface area contributed by atoms with Crippen molar-refractivity contribution in [3.05, 3.63) is 12.0 Å². The molecule has 0 spiro atoms. The molecular formula is C8H14O4. The number of ether oxygens (including phenoxy) is 3. The molecule has 0 aromatic rings. The van der Waals surface area contributed by atoms with Crippen LogP contribution in [0.3, 0.4) is 0 Å². The van der Waals surface area contributed by atoms with Crippen molar-refractivity contribution in [1.29, 1.82) is 0 Å². The van der Waals surface area contributed by atoms with Gasteiger partial charge in [0.15, 0.2) is 0 Å². The van der Waals surface area contributed by atoms with E-state index in [-0.39, 0.29) is 5.76 Å². The predicted octanol–water partition coefficient (Wildman–Crippen LogP) is 1.07. The summed E-state index contributed by atoms with van der Waals surface area (Å²) in [5.74, 6) is -0.424. The first-order valence-electron chi connectivity index (χ1n) is 3.79. The van der Waals surface area contributed by atoms with E-state index in [0.29, 0.717) is 13.2 Å². The Balaban J connectivity index is 4.04. The maximum atomic E-state index is 11.0. The van der Waals surface area contributed by atoms with Gasteiger partial charge in [-0.05, 0) is 13.8 Å². The summed E-state index contributed by atoms with van der Waals surface area (Å²) in [6.45, 7) is 4.36. The molecule has 0 heterocycles. The van der Waals surface area contributed by atoms with Gasteiger partial charge in [0.05, 0.1) is 20.3 Å². The Labute approximate surface area is 72.1 Å². The largest absolute Gasteiger partial charge is 0.497 e. The molecule has 0 bridgehead atoms. The minimum absolute atomic E-state index is 0.0821. The van der Waals surface area contributed by atoms with E-state index in [0.717, 1.165) is 0 Å². The van der Waals surface area contributed by atoms with Crippen LogP contribution in [0.15, 0.2) is 12.0 Å². The highest BCUT2D eigenvalue weighted by atomic mass is 16.6. The van der Waals surface area contributed by atoms with E-state index in [1.165, 1.54) is 13.4 Å². The van der Waals surface area contributed by atoms with Crippen molar-refractivity contribution >= 4 is 5.97 Å². The van der Waals surface area contributed by atoms with Crippen LogP contribution in [0.1, 0.15) is 13.8 Å². The molecule has 0 aromatic heterocycles. The number of hydrogen-bond donors (Lipinski definition) is 0. The van der Waals surface area contributed by atoms with Crippen molar-refractivity contribution in [2.75, 3.05) is 20.3 Å². The fraction of sp³-hybridized carbons (Fsp3) is 0.625. The molecule has 0 aliphatic heterocycles. The summed E-state index contributed by atoms with van der Waals surface area (Å²) < 4.78 is 14.3. The van der Waals surface area contributed by atoms with Crippen LogP contribution in [0.25, 0.3) is 0 Å². The van der Waals surface area contributed by atoms with Gasteiger partial charge in [0, 0.05) is 0 Å². The Bertz CT molecular complexity index is 162. The van der Waals surface area contributed by atoms with Crippen molar-refractivity contribution in [2.24, 2.45) is 0 Å². The predicted molar refractivity (Wildman–Crippen MR) is 43.4 cm³/mol. The van der Waals surface area contributed by atoms with Crippen LogP contribution in [-0.4, -0.2) is 26.3 Å². The highest BCUT2D eigenvalue weighted by Crippen LogP contribution is 1.99. The molecule has 70 valence electrons. The normalized spacial score (nSPS) is 10.8. The lowest BCUT2D eigenvalue weighted by Gasteiger charge is -2.04. The number of carbonyl (C=O) groups excluding carboxylic acids is 1. The van der Waals surface area contributed by atoms with Gasteiger partial charge in [-0.2, -0.15) is 0 Å². The van der Waals surface area contributed by atoms with Crippen molar-refractivity contribution in [3.8, 4) is 0 Å². The molecule has 0 aliphatic rings. The van der Waals surface area contributed by atoms with Crippen LogP contribution in [0.5, 0.6) is 0 Å². The second kappa shape index (κ2) is 6.52. The third kappa shape index (κ3) is 3.85. The molecule has 0 aliphatic carbocycles. The van der Waals surface area contributed by atoms with Crippen LogP contribution in [0.4, 0.5) is 0 Å². The minimum atomic E-state index is -0.506. The second-order valence-electron chi connectivity index (χ2n) is 1.86. The molecular weight excluding hydrogens is 160 g/mol. The quantitative estimate of drug-likeness (QED) is 0.355. The molecule has 0 saturated heterocycles. The van der Waals surface area contributed by atoms with Crippen molar-refractivity contribution in [3.63, 3.8) is 0 Å². The lowest BCUT2D eigenvalue weighted by molar-refractivity contribution is -0.142. The molecule has 0 atom stereocenters. The highest BCUT2D eigenvalue weighted by molar-refractivity contribution is 5.85. The van der Waals surface area contributed by atoms with E-state index >= 15 is 0 Å². The number of esters is 1. The average Bonchev–Trinajstić information content (AvgIpc) is 2.06. The van der Waals surface area contributed by atoms with Crippen molar-refractivity contribution in [2.45, 2.75) is 13.8 Å². The number of rotatable bonds is 5. The van der Waals surface area contributed by atoms with Crippen LogP contribution in [-0.2, 0) is 19.0 Å². The second-order valence-corrected chi connectivity index (χ2v) is 1.86. The maximum absolute atomic E-state index is 11.0. The minimum Gasteiger partial charge on any atom is -0.497 e. The van der Waals surface area contributed by atoms with Crippen molar-refractivity contribution in [1.82, 2.24) is 0 Å². The monoisotopic (exact) mass is 174 g/mol. The first kappa shape index (κ1) is 10.8. The van der Waals surface area contributed by atoms with Crippen LogP contribution < -0.4 is 0 Å². The summed E-state index contributed by atoms with van der Waals surface area (Å²) >= 11 is 0. The number of methoxy groups -OCH3 is 1. The zero-order valence-corrected chi connectivity index (χ0v) is 7.62. The number of carbonyl (C=O) groups is 1. The average molecular weight is 174 g/mol. The van der Waals surface area contributed by atoms with E-state index in [9.17, 15) is 4.79 Å². The highest BCUT2D eigenvalue weighted by Gasteiger charge is 2.10. The zero-order valence-electron chi connectivity index (χ0n) is 7.62. The van der Waals surface area contributed by atoms with Gasteiger partial charge in [-0.15, -0.1) is 0 Å². The Morgan fingerprint density at radius 2 is 2.00 bits per heavy atom. The molecule has 4 nitrogen and oxygen atoms in total. The molecule has 4 heteroatoms. The Morgan fingerprint density at radius 3 is 2.42 bits per heavy atom. The smallest absolute Gasteiger partial charge is 0.376 e. The SMILES string of the molecule is CCOC=C(OC)C(=O)OCC. The molecule has 0 radical (unpaired) electrons. The summed E-state index contributed by atoms with van der Waals surface area (Å²) in [7, 11) is 1.39. The summed E-state index contributed by atoms with van der Waals surface area (Å²) in [6, 6.07) is 0. The van der Waals surface area contributed by atoms with Crippen molar-refractivity contribution < 1.29 is 19.0 Å². The van der Waals surface area contributed by atoms with Gasteiger partial charge in [0.25, 0.3) is 0 Å². The van der Waals surface area contributed by atoms with Gasteiger partial charge in [0.2, 0.25) is 5.76 Å². The van der Waals surface area contributed by atoms with E-state index in [1.807, 2.05) is 6.92 Å². The molecule has 0 aromatic carbocycles. The molecule has 0 saturated carbocycles. The van der Waals surface area contributed by atoms with Gasteiger partial charge in [-0.1, -0.05) is 0 Å². The van der Waals surface area contributed by atoms with Gasteiger partial charge < -0.3 is 14.2 Å². The molecule has 0 amide bonds. The Hall–Kier alpha value is -1.19. The summed E-state index contributed by atoms with van der Waals surface area (Å²) in [5.41, 5.74) is 0. The standard InChI is InChI=1S/C8H14O4/c1-4-11-6-7(10-3)8(9)12-5-2/h6H,4-5H2,1-3H3. The Morgan fingerprint density at radius 1 is 1.33 bits per heavy atom. The summed E-state index contributed by atoms with van der Waals surface area (Å²) in [6.07, 6.45) is 1.25. The van der Waals surface area contributed by atoms with E-state index in [2.05, 4.69) is 4.74 Å². The topological polar surface area (TPSA) is 44.8 Å². The van der Waals surface area contributed by atoms with Gasteiger partial charge >= 0.3 is 5.97 Å². The van der Waals surface area contributed by atoms with E-state index in [4.69, 9.17) is 9.47 Å². The van der Waals surface area contributed by atoms with E-state index < -0.39 is 5.97 Å². The first-order valence-corrected chi connectivity index (χ1v) is 3.79. The third-order valence-electron chi connectivity index (χ3n) is 1.05. The van der Waals surface area contributed by atoms with Gasteiger partial charge in [0.1, 0.15) is 6.26 Å². The molecule has 0 fully saturated rings. The Kier molecular flexibility index (Phi) is 5.87. The van der Waals surface area contributed by atoms with Crippen LogP contribution in [0.2, 0.25) is 0 Å². The summed E-state index contributed by atoms with van der Waals surface area (Å²) in [5, 5.41) is 0. The third-order valence-corrected chi connectivity index (χ3v) is 1.05. The number of hydrogen-bond acceptors (Lipinski definition) is 4. The van der Waals surface area contributed by atoms with E-state index in [1.54, 1.807) is 6.92 Å². The molecule has 12 heavy (non-hydrogen) atoms. The maximum Gasteiger partial charge on any atom is 0.376 e. The fourth-order valence-electron chi connectivity index (χ4n) is 0.541. The molecule has 0 rings (SSSR count). The lowest BCUT2D eigenvalue weighted by Crippen LogP contribution is -2.09. The van der Waals surface area contributed by atoms with Gasteiger partial charge in [-0.3, -0.25) is 0 Å². The van der Waals surface area contributed by atoms with Crippen LogP contribution >= 0.6 is 0 Å². The first-order chi connectivity index (χ1) is 5.76. The zero-order chi connectivity index (χ0) is 9.40. The lowest BCUT2D eigenvalue weighted by atomic mass is 10.5. The van der Waals surface area contributed by atoms with Crippen LogP contribution in [0, 0.1) is 0 Å². The fourth-order valence-corrected chi connectivity index (χ4v) is 0.541.